The molecule has 0 spiro atoms. The summed E-state index contributed by atoms with van der Waals surface area (Å²) in [5.74, 6) is -1.75. The molecule has 0 saturated heterocycles. The van der Waals surface area contributed by atoms with Gasteiger partial charge in [0.1, 0.15) is 11.9 Å². The lowest BCUT2D eigenvalue weighted by atomic mass is 9.53. The number of hydrogen-bond donors (Lipinski definition) is 2. The van der Waals surface area contributed by atoms with Crippen LogP contribution in [0.1, 0.15) is 72.6 Å². The van der Waals surface area contributed by atoms with E-state index < -0.39 is 28.9 Å². The van der Waals surface area contributed by atoms with Gasteiger partial charge >= 0.3 is 11.9 Å². The first-order chi connectivity index (χ1) is 13.0. The SMILES string of the molecule is CC(=O)O[C@H](C)[C@H]1CC[C@H]([C@@H]2CC[C@@H]3C[C@H](O)CC[C@]3(C)C2=O)[C@@]1(C)C(=O)O. The van der Waals surface area contributed by atoms with Crippen LogP contribution < -0.4 is 0 Å². The van der Waals surface area contributed by atoms with Crippen LogP contribution in [-0.4, -0.2) is 40.1 Å². The summed E-state index contributed by atoms with van der Waals surface area (Å²) in [4.78, 5) is 37.4. The van der Waals surface area contributed by atoms with Crippen LogP contribution in [-0.2, 0) is 19.1 Å². The highest BCUT2D eigenvalue weighted by atomic mass is 16.5. The molecule has 0 heterocycles. The van der Waals surface area contributed by atoms with E-state index in [1.807, 2.05) is 6.92 Å². The van der Waals surface area contributed by atoms with E-state index in [1.54, 1.807) is 13.8 Å². The smallest absolute Gasteiger partial charge is 0.310 e. The van der Waals surface area contributed by atoms with E-state index in [2.05, 4.69) is 0 Å². The molecule has 3 rings (SSSR count). The summed E-state index contributed by atoms with van der Waals surface area (Å²) in [7, 11) is 0. The molecule has 0 aromatic carbocycles. The second-order valence-corrected chi connectivity index (χ2v) is 9.78. The van der Waals surface area contributed by atoms with Gasteiger partial charge in [-0.3, -0.25) is 14.4 Å². The lowest BCUT2D eigenvalue weighted by molar-refractivity contribution is -0.167. The van der Waals surface area contributed by atoms with E-state index in [0.29, 0.717) is 38.5 Å². The minimum absolute atomic E-state index is 0.188. The molecule has 0 radical (unpaired) electrons. The largest absolute Gasteiger partial charge is 0.481 e. The minimum atomic E-state index is -1.09. The molecule has 3 aliphatic carbocycles. The van der Waals surface area contributed by atoms with Gasteiger partial charge in [0.2, 0.25) is 0 Å². The van der Waals surface area contributed by atoms with Crippen LogP contribution in [0, 0.1) is 34.5 Å². The van der Waals surface area contributed by atoms with Crippen LogP contribution >= 0.6 is 0 Å². The maximum absolute atomic E-state index is 13.6. The number of esters is 1. The van der Waals surface area contributed by atoms with E-state index >= 15 is 0 Å². The van der Waals surface area contributed by atoms with E-state index in [1.165, 1.54) is 6.92 Å². The van der Waals surface area contributed by atoms with Crippen molar-refractivity contribution in [2.24, 2.45) is 34.5 Å². The van der Waals surface area contributed by atoms with Gasteiger partial charge in [0.05, 0.1) is 11.5 Å². The van der Waals surface area contributed by atoms with Crippen LogP contribution in [0.15, 0.2) is 0 Å². The lowest BCUT2D eigenvalue weighted by Crippen LogP contribution is -2.53. The number of fused-ring (bicyclic) bond motifs is 1. The van der Waals surface area contributed by atoms with Gasteiger partial charge in [-0.15, -0.1) is 0 Å². The molecule has 0 aromatic rings. The summed E-state index contributed by atoms with van der Waals surface area (Å²) in [5, 5.41) is 20.2. The van der Waals surface area contributed by atoms with Gasteiger partial charge in [0.25, 0.3) is 0 Å². The Bertz CT molecular complexity index is 659. The van der Waals surface area contributed by atoms with Crippen molar-refractivity contribution in [2.45, 2.75) is 84.8 Å². The molecule has 3 fully saturated rings. The first-order valence-electron chi connectivity index (χ1n) is 10.6. The number of carbonyl (C=O) groups is 3. The molecule has 0 bridgehead atoms. The Kier molecular flexibility index (Phi) is 5.65. The molecule has 28 heavy (non-hydrogen) atoms. The number of aliphatic hydroxyl groups excluding tert-OH is 1. The van der Waals surface area contributed by atoms with Crippen molar-refractivity contribution >= 4 is 17.7 Å². The third kappa shape index (κ3) is 3.27. The second kappa shape index (κ2) is 7.43. The van der Waals surface area contributed by atoms with E-state index in [9.17, 15) is 24.6 Å². The molecule has 3 saturated carbocycles. The lowest BCUT2D eigenvalue weighted by Gasteiger charge is -2.50. The molecule has 0 aromatic heterocycles. The van der Waals surface area contributed by atoms with Crippen LogP contribution in [0.5, 0.6) is 0 Å². The quantitative estimate of drug-likeness (QED) is 0.710. The summed E-state index contributed by atoms with van der Waals surface area (Å²) in [6, 6.07) is 0. The number of aliphatic carboxylic acids is 1. The predicted octanol–water partition coefficient (Wildman–Crippen LogP) is 3.20. The molecule has 2 N–H and O–H groups in total. The molecule has 6 nitrogen and oxygen atoms in total. The Morgan fingerprint density at radius 1 is 1.14 bits per heavy atom. The van der Waals surface area contributed by atoms with Gasteiger partial charge < -0.3 is 14.9 Å². The van der Waals surface area contributed by atoms with Crippen molar-refractivity contribution in [3.8, 4) is 0 Å². The fourth-order valence-electron chi connectivity index (χ4n) is 6.69. The number of hydrogen-bond acceptors (Lipinski definition) is 5. The first-order valence-corrected chi connectivity index (χ1v) is 10.6. The number of rotatable bonds is 4. The zero-order valence-electron chi connectivity index (χ0n) is 17.4. The van der Waals surface area contributed by atoms with Crippen LogP contribution in [0.4, 0.5) is 0 Å². The topological polar surface area (TPSA) is 101 Å². The van der Waals surface area contributed by atoms with E-state index in [4.69, 9.17) is 4.74 Å². The van der Waals surface area contributed by atoms with E-state index in [0.717, 1.165) is 6.42 Å². The van der Waals surface area contributed by atoms with Crippen molar-refractivity contribution < 1.29 is 29.3 Å². The Morgan fingerprint density at radius 2 is 1.82 bits per heavy atom. The standard InChI is InChI=1S/C22H34O6/c1-12(28-13(2)23)17-7-8-18(22(17,4)20(26)27)16-6-5-14-11-15(24)9-10-21(14,3)19(16)25/h12,14-18,24H,5-11H2,1-4H3,(H,26,27)/t12-,14-,15-,16+,17-,18-,21+,22+/m1/s1. The predicted molar refractivity (Wildman–Crippen MR) is 102 cm³/mol. The summed E-state index contributed by atoms with van der Waals surface area (Å²) in [6.07, 6.45) is 4.03. The highest BCUT2D eigenvalue weighted by Crippen LogP contribution is 2.58. The molecular weight excluding hydrogens is 360 g/mol. The van der Waals surface area contributed by atoms with Crippen molar-refractivity contribution in [3.05, 3.63) is 0 Å². The number of carboxylic acid groups (broad SMARTS) is 1. The zero-order chi connectivity index (χ0) is 20.9. The molecule has 3 aliphatic rings. The van der Waals surface area contributed by atoms with Crippen LogP contribution in [0.3, 0.4) is 0 Å². The van der Waals surface area contributed by atoms with Gasteiger partial charge in [0, 0.05) is 24.2 Å². The molecule has 158 valence electrons. The minimum Gasteiger partial charge on any atom is -0.481 e. The average molecular weight is 395 g/mol. The monoisotopic (exact) mass is 394 g/mol. The summed E-state index contributed by atoms with van der Waals surface area (Å²) in [6.45, 7) is 6.86. The number of ketones is 1. The zero-order valence-corrected chi connectivity index (χ0v) is 17.4. The molecule has 0 unspecified atom stereocenters. The number of Topliss-reactive ketones (excluding diaryl/α,β-unsaturated/α-hetero) is 1. The average Bonchev–Trinajstić information content (AvgIpc) is 2.95. The van der Waals surface area contributed by atoms with E-state index in [-0.39, 0.29) is 35.6 Å². The van der Waals surface area contributed by atoms with Gasteiger partial charge in [-0.2, -0.15) is 0 Å². The molecular formula is C22H34O6. The second-order valence-electron chi connectivity index (χ2n) is 9.78. The maximum Gasteiger partial charge on any atom is 0.310 e. The third-order valence-corrected chi connectivity index (χ3v) is 8.37. The third-order valence-electron chi connectivity index (χ3n) is 8.37. The van der Waals surface area contributed by atoms with Crippen molar-refractivity contribution in [2.75, 3.05) is 0 Å². The molecule has 6 heteroatoms. The van der Waals surface area contributed by atoms with Crippen LogP contribution in [0.25, 0.3) is 0 Å². The summed E-state index contributed by atoms with van der Waals surface area (Å²) in [5.41, 5.74) is -1.55. The Balaban J connectivity index is 1.87. The number of ether oxygens (including phenoxy) is 1. The van der Waals surface area contributed by atoms with Crippen molar-refractivity contribution in [1.82, 2.24) is 0 Å². The van der Waals surface area contributed by atoms with Crippen molar-refractivity contribution in [3.63, 3.8) is 0 Å². The summed E-state index contributed by atoms with van der Waals surface area (Å²) >= 11 is 0. The Hall–Kier alpha value is -1.43. The maximum atomic E-state index is 13.6. The number of carboxylic acids is 1. The Morgan fingerprint density at radius 3 is 2.43 bits per heavy atom. The van der Waals surface area contributed by atoms with Gasteiger partial charge in [-0.25, -0.2) is 0 Å². The van der Waals surface area contributed by atoms with Crippen LogP contribution in [0.2, 0.25) is 0 Å². The highest BCUT2D eigenvalue weighted by Gasteiger charge is 2.61. The molecule has 8 atom stereocenters. The Labute approximate surface area is 167 Å². The fourth-order valence-corrected chi connectivity index (χ4v) is 6.69. The van der Waals surface area contributed by atoms with Crippen molar-refractivity contribution in [1.29, 1.82) is 0 Å². The summed E-state index contributed by atoms with van der Waals surface area (Å²) < 4.78 is 5.34. The van der Waals surface area contributed by atoms with Gasteiger partial charge in [-0.05, 0) is 70.6 Å². The molecule has 0 amide bonds. The van der Waals surface area contributed by atoms with Gasteiger partial charge in [0.15, 0.2) is 0 Å². The fraction of sp³-hybridized carbons (Fsp3) is 0.864. The van der Waals surface area contributed by atoms with Gasteiger partial charge in [-0.1, -0.05) is 6.92 Å². The number of carbonyl (C=O) groups excluding carboxylic acids is 2. The first kappa shape index (κ1) is 21.3. The number of aliphatic hydroxyl groups is 1. The molecule has 0 aliphatic heterocycles. The highest BCUT2D eigenvalue weighted by molar-refractivity contribution is 5.89. The normalized spacial score (nSPS) is 44.6.